The van der Waals surface area contributed by atoms with E-state index in [2.05, 4.69) is 46.6 Å². The fraction of sp³-hybridized carbons (Fsp3) is 0.158. The molecule has 0 bridgehead atoms. The second-order valence-electron chi connectivity index (χ2n) is 5.54. The molecule has 0 spiro atoms. The van der Waals surface area contributed by atoms with E-state index >= 15 is 0 Å². The normalized spacial score (nSPS) is 11.1. The summed E-state index contributed by atoms with van der Waals surface area (Å²) >= 11 is 0. The number of nitrogens with one attached hydrogen (secondary N) is 1. The van der Waals surface area contributed by atoms with Crippen molar-refractivity contribution in [3.63, 3.8) is 0 Å². The lowest BCUT2D eigenvalue weighted by Gasteiger charge is -2.13. The molecule has 0 radical (unpaired) electrons. The summed E-state index contributed by atoms with van der Waals surface area (Å²) in [5.74, 6) is 0. The van der Waals surface area contributed by atoms with Gasteiger partial charge in [-0.25, -0.2) is 9.66 Å². The van der Waals surface area contributed by atoms with Gasteiger partial charge in [0.2, 0.25) is 0 Å². The summed E-state index contributed by atoms with van der Waals surface area (Å²) in [6.07, 6.45) is 3.67. The van der Waals surface area contributed by atoms with Crippen molar-refractivity contribution in [2.45, 2.75) is 13.8 Å². The molecule has 3 rings (SSSR count). The molecule has 0 aliphatic carbocycles. The molecule has 0 unspecified atom stereocenters. The van der Waals surface area contributed by atoms with E-state index in [4.69, 9.17) is 0 Å². The van der Waals surface area contributed by atoms with Crippen molar-refractivity contribution in [1.29, 1.82) is 0 Å². The van der Waals surface area contributed by atoms with E-state index in [1.54, 1.807) is 7.05 Å². The van der Waals surface area contributed by atoms with Crippen LogP contribution in [0.15, 0.2) is 59.9 Å². The average molecular weight is 304 g/mol. The zero-order valence-electron chi connectivity index (χ0n) is 13.6. The highest BCUT2D eigenvalue weighted by Gasteiger charge is 2.10. The Bertz CT molecular complexity index is 846. The third-order valence-corrected chi connectivity index (χ3v) is 3.66. The lowest BCUT2D eigenvalue weighted by Crippen LogP contribution is -2.09. The molecule has 0 aliphatic rings. The second-order valence-corrected chi connectivity index (χ2v) is 5.54. The number of aromatic nitrogens is 2. The van der Waals surface area contributed by atoms with Gasteiger partial charge in [0, 0.05) is 18.8 Å². The van der Waals surface area contributed by atoms with Crippen LogP contribution in [0.1, 0.15) is 16.8 Å². The number of nitrogens with zero attached hydrogens (tertiary/aromatic N) is 3. The SMILES string of the molecule is CN=Cc1cccc(-c2c(C)ncn2Nc2cccc(C)c2)c1. The van der Waals surface area contributed by atoms with Gasteiger partial charge < -0.3 is 0 Å². The maximum atomic E-state index is 4.45. The Labute approximate surface area is 136 Å². The van der Waals surface area contributed by atoms with E-state index in [1.807, 2.05) is 48.4 Å². The van der Waals surface area contributed by atoms with Gasteiger partial charge in [0.05, 0.1) is 17.1 Å². The lowest BCUT2D eigenvalue weighted by atomic mass is 10.1. The highest BCUT2D eigenvalue weighted by molar-refractivity contribution is 5.82. The van der Waals surface area contributed by atoms with Gasteiger partial charge in [0.25, 0.3) is 0 Å². The molecule has 1 heterocycles. The molecule has 1 N–H and O–H groups in total. The van der Waals surface area contributed by atoms with Crippen LogP contribution in [0.2, 0.25) is 0 Å². The molecule has 0 fully saturated rings. The molecule has 116 valence electrons. The fourth-order valence-electron chi connectivity index (χ4n) is 2.64. The summed E-state index contributed by atoms with van der Waals surface area (Å²) < 4.78 is 1.96. The van der Waals surface area contributed by atoms with Gasteiger partial charge in [0.15, 0.2) is 0 Å². The lowest BCUT2D eigenvalue weighted by molar-refractivity contribution is 0.961. The highest BCUT2D eigenvalue weighted by atomic mass is 15.4. The van der Waals surface area contributed by atoms with E-state index in [-0.39, 0.29) is 0 Å². The van der Waals surface area contributed by atoms with Crippen LogP contribution in [0.3, 0.4) is 0 Å². The highest BCUT2D eigenvalue weighted by Crippen LogP contribution is 2.24. The predicted octanol–water partition coefficient (Wildman–Crippen LogP) is 4.09. The Morgan fingerprint density at radius 2 is 1.91 bits per heavy atom. The van der Waals surface area contributed by atoms with Crippen molar-refractivity contribution in [1.82, 2.24) is 9.66 Å². The number of anilines is 1. The zero-order valence-corrected chi connectivity index (χ0v) is 13.6. The molecule has 0 saturated heterocycles. The van der Waals surface area contributed by atoms with E-state index in [9.17, 15) is 0 Å². The van der Waals surface area contributed by atoms with E-state index in [0.29, 0.717) is 0 Å². The van der Waals surface area contributed by atoms with Gasteiger partial charge in [-0.15, -0.1) is 0 Å². The summed E-state index contributed by atoms with van der Waals surface area (Å²) in [4.78, 5) is 8.54. The van der Waals surface area contributed by atoms with Crippen molar-refractivity contribution in [3.8, 4) is 11.3 Å². The minimum Gasteiger partial charge on any atom is -0.296 e. The maximum Gasteiger partial charge on any atom is 0.115 e. The van der Waals surface area contributed by atoms with Crippen molar-refractivity contribution in [3.05, 3.63) is 71.7 Å². The maximum absolute atomic E-state index is 4.45. The van der Waals surface area contributed by atoms with E-state index < -0.39 is 0 Å². The molecule has 1 aromatic heterocycles. The largest absolute Gasteiger partial charge is 0.296 e. The molecule has 23 heavy (non-hydrogen) atoms. The van der Waals surface area contributed by atoms with E-state index in [1.165, 1.54) is 5.56 Å². The van der Waals surface area contributed by atoms with Gasteiger partial charge in [-0.3, -0.25) is 10.4 Å². The molecule has 3 aromatic rings. The minimum atomic E-state index is 0.982. The van der Waals surface area contributed by atoms with Crippen LogP contribution >= 0.6 is 0 Å². The molecule has 0 aliphatic heterocycles. The first kappa shape index (κ1) is 15.0. The third-order valence-electron chi connectivity index (χ3n) is 3.66. The smallest absolute Gasteiger partial charge is 0.115 e. The number of hydrogen-bond donors (Lipinski definition) is 1. The van der Waals surface area contributed by atoms with Crippen LogP contribution in [0, 0.1) is 13.8 Å². The number of aliphatic imine (C=N–C) groups is 1. The van der Waals surface area contributed by atoms with Crippen molar-refractivity contribution < 1.29 is 0 Å². The Balaban J connectivity index is 2.00. The van der Waals surface area contributed by atoms with Crippen LogP contribution < -0.4 is 5.43 Å². The Kier molecular flexibility index (Phi) is 4.24. The van der Waals surface area contributed by atoms with Crippen LogP contribution in [0.5, 0.6) is 0 Å². The predicted molar refractivity (Wildman–Crippen MR) is 96.1 cm³/mol. The summed E-state index contributed by atoms with van der Waals surface area (Å²) in [6.45, 7) is 4.10. The summed E-state index contributed by atoms with van der Waals surface area (Å²) in [5, 5.41) is 0. The Hall–Kier alpha value is -2.88. The standard InChI is InChI=1S/C19H20N4/c1-14-6-4-9-18(10-14)22-23-13-21-15(2)19(23)17-8-5-7-16(11-17)12-20-3/h4-13,22H,1-3H3. The van der Waals surface area contributed by atoms with Gasteiger partial charge in [-0.1, -0.05) is 30.3 Å². The third kappa shape index (κ3) is 3.31. The molecular formula is C19H20N4. The van der Waals surface area contributed by atoms with Gasteiger partial charge >= 0.3 is 0 Å². The molecular weight excluding hydrogens is 284 g/mol. The second kappa shape index (κ2) is 6.48. The van der Waals surface area contributed by atoms with Gasteiger partial charge in [0.1, 0.15) is 6.33 Å². The molecule has 4 heteroatoms. The fourth-order valence-corrected chi connectivity index (χ4v) is 2.64. The number of benzene rings is 2. The average Bonchev–Trinajstić information content (AvgIpc) is 2.88. The zero-order chi connectivity index (χ0) is 16.2. The minimum absolute atomic E-state index is 0.982. The quantitative estimate of drug-likeness (QED) is 0.738. The van der Waals surface area contributed by atoms with Gasteiger partial charge in [-0.05, 0) is 43.2 Å². The topological polar surface area (TPSA) is 42.2 Å². The summed E-state index contributed by atoms with van der Waals surface area (Å²) in [6, 6.07) is 16.6. The van der Waals surface area contributed by atoms with E-state index in [0.717, 1.165) is 28.2 Å². The summed E-state index contributed by atoms with van der Waals surface area (Å²) in [5.41, 5.74) is 9.88. The number of imidazole rings is 1. The molecule has 2 aromatic carbocycles. The Morgan fingerprint density at radius 1 is 1.09 bits per heavy atom. The van der Waals surface area contributed by atoms with Crippen LogP contribution in [0.25, 0.3) is 11.3 Å². The number of aryl methyl sites for hydroxylation is 2. The van der Waals surface area contributed by atoms with Crippen molar-refractivity contribution in [2.24, 2.45) is 4.99 Å². The first-order valence-corrected chi connectivity index (χ1v) is 7.57. The number of hydrogen-bond acceptors (Lipinski definition) is 3. The molecule has 0 atom stereocenters. The molecule has 4 nitrogen and oxygen atoms in total. The molecule has 0 saturated carbocycles. The molecule has 0 amide bonds. The van der Waals surface area contributed by atoms with Crippen LogP contribution in [-0.4, -0.2) is 22.9 Å². The monoisotopic (exact) mass is 304 g/mol. The first-order chi connectivity index (χ1) is 11.2. The van der Waals surface area contributed by atoms with Crippen molar-refractivity contribution >= 4 is 11.9 Å². The number of rotatable bonds is 4. The Morgan fingerprint density at radius 3 is 2.70 bits per heavy atom. The summed E-state index contributed by atoms with van der Waals surface area (Å²) in [7, 11) is 1.78. The first-order valence-electron chi connectivity index (χ1n) is 7.57. The van der Waals surface area contributed by atoms with Crippen LogP contribution in [0.4, 0.5) is 5.69 Å². The van der Waals surface area contributed by atoms with Crippen molar-refractivity contribution in [2.75, 3.05) is 12.5 Å². The van der Waals surface area contributed by atoms with Crippen LogP contribution in [-0.2, 0) is 0 Å². The van der Waals surface area contributed by atoms with Gasteiger partial charge in [-0.2, -0.15) is 0 Å².